The molecule has 24 heavy (non-hydrogen) atoms. The predicted molar refractivity (Wildman–Crippen MR) is 93.5 cm³/mol. The Morgan fingerprint density at radius 2 is 1.75 bits per heavy atom. The van der Waals surface area contributed by atoms with Gasteiger partial charge in [0.2, 0.25) is 0 Å². The molecule has 1 saturated carbocycles. The summed E-state index contributed by atoms with van der Waals surface area (Å²) in [6.45, 7) is 0.504. The van der Waals surface area contributed by atoms with Crippen molar-refractivity contribution in [1.82, 2.24) is 0 Å². The average Bonchev–Trinajstić information content (AvgIpc) is 2.56. The van der Waals surface area contributed by atoms with Crippen molar-refractivity contribution < 1.29 is 19.1 Å². The number of carbonyl (C=O) groups is 2. The van der Waals surface area contributed by atoms with Crippen LogP contribution in [0.15, 0.2) is 18.2 Å². The van der Waals surface area contributed by atoms with E-state index in [0.29, 0.717) is 24.0 Å². The standard InChI is InChI=1S/C18H22Cl2O4/c19-14-9-10-16(15(20)11-14)24-18(22)8-4-7-17(21)23-12-13-5-2-1-3-6-13/h9-11,13H,1-8,12H2. The molecule has 0 spiro atoms. The summed E-state index contributed by atoms with van der Waals surface area (Å²) in [4.78, 5) is 23.5. The average molecular weight is 373 g/mol. The van der Waals surface area contributed by atoms with Crippen LogP contribution in [0.2, 0.25) is 10.0 Å². The fraction of sp³-hybridized carbons (Fsp3) is 0.556. The Morgan fingerprint density at radius 3 is 2.46 bits per heavy atom. The molecule has 0 radical (unpaired) electrons. The van der Waals surface area contributed by atoms with Crippen molar-refractivity contribution in [3.8, 4) is 5.75 Å². The van der Waals surface area contributed by atoms with Crippen LogP contribution in [0, 0.1) is 5.92 Å². The second-order valence-corrected chi connectivity index (χ2v) is 6.93. The first-order valence-corrected chi connectivity index (χ1v) is 9.11. The molecule has 0 N–H and O–H groups in total. The lowest BCUT2D eigenvalue weighted by molar-refractivity contribution is -0.145. The topological polar surface area (TPSA) is 52.6 Å². The van der Waals surface area contributed by atoms with Gasteiger partial charge in [-0.3, -0.25) is 9.59 Å². The predicted octanol–water partition coefficient (Wildman–Crippen LogP) is 5.19. The van der Waals surface area contributed by atoms with E-state index in [2.05, 4.69) is 0 Å². The van der Waals surface area contributed by atoms with Crippen LogP contribution in [0.5, 0.6) is 5.75 Å². The van der Waals surface area contributed by atoms with Gasteiger partial charge in [-0.2, -0.15) is 0 Å². The van der Waals surface area contributed by atoms with Gasteiger partial charge in [-0.15, -0.1) is 0 Å². The van der Waals surface area contributed by atoms with Crippen LogP contribution in [-0.2, 0) is 14.3 Å². The molecule has 1 aliphatic carbocycles. The molecule has 0 saturated heterocycles. The quantitative estimate of drug-likeness (QED) is 0.487. The van der Waals surface area contributed by atoms with Crippen LogP contribution in [-0.4, -0.2) is 18.5 Å². The molecule has 1 fully saturated rings. The number of carbonyl (C=O) groups excluding carboxylic acids is 2. The van der Waals surface area contributed by atoms with E-state index >= 15 is 0 Å². The Balaban J connectivity index is 1.62. The summed E-state index contributed by atoms with van der Waals surface area (Å²) >= 11 is 11.7. The minimum Gasteiger partial charge on any atom is -0.465 e. The molecular weight excluding hydrogens is 351 g/mol. The van der Waals surface area contributed by atoms with E-state index in [1.165, 1.54) is 25.3 Å². The minimum absolute atomic E-state index is 0.136. The smallest absolute Gasteiger partial charge is 0.311 e. The van der Waals surface area contributed by atoms with Gasteiger partial charge in [-0.05, 0) is 43.4 Å². The van der Waals surface area contributed by atoms with Gasteiger partial charge in [-0.1, -0.05) is 42.5 Å². The summed E-state index contributed by atoms with van der Waals surface area (Å²) in [5.74, 6) is 0.0860. The fourth-order valence-electron chi connectivity index (χ4n) is 2.75. The molecule has 0 aromatic heterocycles. The number of rotatable bonds is 7. The third-order valence-corrected chi connectivity index (χ3v) is 4.61. The molecule has 0 aliphatic heterocycles. The number of benzene rings is 1. The number of ether oxygens (including phenoxy) is 2. The van der Waals surface area contributed by atoms with Gasteiger partial charge in [0.1, 0.15) is 5.75 Å². The first-order valence-electron chi connectivity index (χ1n) is 8.36. The van der Waals surface area contributed by atoms with E-state index in [1.807, 2.05) is 0 Å². The Labute approximate surface area is 152 Å². The first kappa shape index (κ1) is 19.1. The molecule has 4 nitrogen and oxygen atoms in total. The van der Waals surface area contributed by atoms with Crippen LogP contribution in [0.25, 0.3) is 0 Å². The first-order chi connectivity index (χ1) is 11.5. The van der Waals surface area contributed by atoms with E-state index in [4.69, 9.17) is 32.7 Å². The van der Waals surface area contributed by atoms with Gasteiger partial charge in [-0.25, -0.2) is 0 Å². The Morgan fingerprint density at radius 1 is 1.04 bits per heavy atom. The summed E-state index contributed by atoms with van der Waals surface area (Å²) in [7, 11) is 0. The fourth-order valence-corrected chi connectivity index (χ4v) is 3.19. The zero-order valence-corrected chi connectivity index (χ0v) is 15.1. The van der Waals surface area contributed by atoms with E-state index in [0.717, 1.165) is 12.8 Å². The third kappa shape index (κ3) is 6.70. The minimum atomic E-state index is -0.431. The summed E-state index contributed by atoms with van der Waals surface area (Å²) in [6.07, 6.45) is 6.76. The van der Waals surface area contributed by atoms with Gasteiger partial charge in [0.05, 0.1) is 11.6 Å². The number of halogens is 2. The van der Waals surface area contributed by atoms with Crippen molar-refractivity contribution in [1.29, 1.82) is 0 Å². The largest absolute Gasteiger partial charge is 0.465 e. The van der Waals surface area contributed by atoms with E-state index in [1.54, 1.807) is 12.1 Å². The molecule has 2 rings (SSSR count). The Bertz CT molecular complexity index is 568. The van der Waals surface area contributed by atoms with Crippen LogP contribution in [0.1, 0.15) is 51.4 Å². The zero-order chi connectivity index (χ0) is 17.4. The van der Waals surface area contributed by atoms with Gasteiger partial charge in [0, 0.05) is 17.9 Å². The molecule has 6 heteroatoms. The molecule has 132 valence electrons. The molecule has 0 bridgehead atoms. The van der Waals surface area contributed by atoms with Crippen molar-refractivity contribution in [3.63, 3.8) is 0 Å². The van der Waals surface area contributed by atoms with Crippen molar-refractivity contribution in [2.45, 2.75) is 51.4 Å². The summed E-state index contributed by atoms with van der Waals surface area (Å²) < 4.78 is 10.4. The van der Waals surface area contributed by atoms with Crippen molar-refractivity contribution in [3.05, 3.63) is 28.2 Å². The highest BCUT2D eigenvalue weighted by atomic mass is 35.5. The van der Waals surface area contributed by atoms with Gasteiger partial charge in [0.25, 0.3) is 0 Å². The number of hydrogen-bond donors (Lipinski definition) is 0. The van der Waals surface area contributed by atoms with E-state index in [-0.39, 0.29) is 29.6 Å². The molecule has 0 atom stereocenters. The Hall–Kier alpha value is -1.26. The monoisotopic (exact) mass is 372 g/mol. The molecule has 0 amide bonds. The van der Waals surface area contributed by atoms with E-state index in [9.17, 15) is 9.59 Å². The maximum absolute atomic E-state index is 11.8. The molecule has 0 unspecified atom stereocenters. The molecular formula is C18H22Cl2O4. The highest BCUT2D eigenvalue weighted by Gasteiger charge is 2.16. The third-order valence-electron chi connectivity index (χ3n) is 4.08. The van der Waals surface area contributed by atoms with Gasteiger partial charge in [0.15, 0.2) is 0 Å². The van der Waals surface area contributed by atoms with Crippen molar-refractivity contribution in [2.75, 3.05) is 6.61 Å². The highest BCUT2D eigenvalue weighted by Crippen LogP contribution is 2.28. The van der Waals surface area contributed by atoms with Crippen LogP contribution < -0.4 is 4.74 Å². The maximum atomic E-state index is 11.8. The van der Waals surface area contributed by atoms with E-state index < -0.39 is 5.97 Å². The highest BCUT2D eigenvalue weighted by molar-refractivity contribution is 6.35. The lowest BCUT2D eigenvalue weighted by Crippen LogP contribution is -2.17. The molecule has 1 aromatic rings. The van der Waals surface area contributed by atoms with Crippen molar-refractivity contribution in [2.24, 2.45) is 5.92 Å². The second kappa shape index (κ2) is 9.90. The SMILES string of the molecule is O=C(CCCC(=O)Oc1ccc(Cl)cc1Cl)OCC1CCCCC1. The lowest BCUT2D eigenvalue weighted by atomic mass is 9.90. The molecule has 0 heterocycles. The number of esters is 2. The van der Waals surface area contributed by atoms with Crippen LogP contribution >= 0.6 is 23.2 Å². The summed E-state index contributed by atoms with van der Waals surface area (Å²) in [6, 6.07) is 4.65. The van der Waals surface area contributed by atoms with Crippen LogP contribution in [0.4, 0.5) is 0 Å². The zero-order valence-electron chi connectivity index (χ0n) is 13.6. The van der Waals surface area contributed by atoms with Gasteiger partial charge >= 0.3 is 11.9 Å². The summed E-state index contributed by atoms with van der Waals surface area (Å²) in [5, 5.41) is 0.753. The maximum Gasteiger partial charge on any atom is 0.311 e. The Kier molecular flexibility index (Phi) is 7.86. The summed E-state index contributed by atoms with van der Waals surface area (Å²) in [5.41, 5.74) is 0. The van der Waals surface area contributed by atoms with Crippen LogP contribution in [0.3, 0.4) is 0 Å². The lowest BCUT2D eigenvalue weighted by Gasteiger charge is -2.20. The van der Waals surface area contributed by atoms with Crippen molar-refractivity contribution >= 4 is 35.1 Å². The molecule has 1 aliphatic rings. The normalized spacial score (nSPS) is 15.1. The second-order valence-electron chi connectivity index (χ2n) is 6.09. The van der Waals surface area contributed by atoms with Gasteiger partial charge < -0.3 is 9.47 Å². The number of hydrogen-bond acceptors (Lipinski definition) is 4. The molecule has 1 aromatic carbocycles.